The van der Waals surface area contributed by atoms with Crippen molar-refractivity contribution in [2.45, 2.75) is 31.8 Å². The van der Waals surface area contributed by atoms with Crippen LogP contribution in [0.4, 0.5) is 0 Å². The number of nitrogens with zero attached hydrogens (tertiary/aromatic N) is 2. The smallest absolute Gasteiger partial charge is 0.0295 e. The number of benzene rings is 1. The molecule has 1 aliphatic rings. The highest BCUT2D eigenvalue weighted by atomic mass is 15.3. The largest absolute Gasteiger partial charge is 0.324 e. The Morgan fingerprint density at radius 2 is 2.00 bits per heavy atom. The van der Waals surface area contributed by atoms with E-state index < -0.39 is 0 Å². The lowest BCUT2D eigenvalue weighted by atomic mass is 10.0. The van der Waals surface area contributed by atoms with Gasteiger partial charge in [0.05, 0.1) is 0 Å². The molecule has 1 aromatic rings. The second kappa shape index (κ2) is 7.04. The van der Waals surface area contributed by atoms with Gasteiger partial charge in [-0.1, -0.05) is 30.3 Å². The molecule has 0 radical (unpaired) electrons. The Bertz CT molecular complexity index is 366. The van der Waals surface area contributed by atoms with Crippen LogP contribution in [0.25, 0.3) is 0 Å². The lowest BCUT2D eigenvalue weighted by Crippen LogP contribution is -2.50. The summed E-state index contributed by atoms with van der Waals surface area (Å²) in [4.78, 5) is 5.01. The van der Waals surface area contributed by atoms with Gasteiger partial charge in [0.15, 0.2) is 0 Å². The summed E-state index contributed by atoms with van der Waals surface area (Å²) in [7, 11) is 2.22. The molecule has 0 spiro atoms. The molecular weight excluding hydrogens is 234 g/mol. The summed E-state index contributed by atoms with van der Waals surface area (Å²) in [6.45, 7) is 7.06. The van der Waals surface area contributed by atoms with Crippen molar-refractivity contribution in [1.82, 2.24) is 9.80 Å². The normalized spacial score (nSPS) is 23.4. The Morgan fingerprint density at radius 3 is 2.68 bits per heavy atom. The second-order valence-corrected chi connectivity index (χ2v) is 5.79. The first-order chi connectivity index (χ1) is 9.16. The lowest BCUT2D eigenvalue weighted by molar-refractivity contribution is 0.103. The molecule has 3 nitrogen and oxygen atoms in total. The maximum Gasteiger partial charge on any atom is 0.0295 e. The molecule has 2 atom stereocenters. The van der Waals surface area contributed by atoms with Gasteiger partial charge in [0.2, 0.25) is 0 Å². The van der Waals surface area contributed by atoms with E-state index in [4.69, 9.17) is 5.73 Å². The number of nitrogens with two attached hydrogens (primary N) is 1. The molecule has 3 heteroatoms. The standard InChI is InChI=1S/C16H27N3/c1-14-13-19(12-11-18(14)2)10-6-9-16(17)15-7-4-3-5-8-15/h3-5,7-8,14,16H,6,9-13,17H2,1-2H3. The molecule has 106 valence electrons. The summed E-state index contributed by atoms with van der Waals surface area (Å²) in [5.74, 6) is 0. The molecule has 1 fully saturated rings. The van der Waals surface area contributed by atoms with E-state index in [0.717, 1.165) is 6.42 Å². The fraction of sp³-hybridized carbons (Fsp3) is 0.625. The molecule has 2 rings (SSSR count). The van der Waals surface area contributed by atoms with Crippen LogP contribution in [-0.2, 0) is 0 Å². The maximum absolute atomic E-state index is 6.23. The van der Waals surface area contributed by atoms with Crippen LogP contribution in [0, 0.1) is 0 Å². The van der Waals surface area contributed by atoms with Gasteiger partial charge in [-0.25, -0.2) is 0 Å². The topological polar surface area (TPSA) is 32.5 Å². The summed E-state index contributed by atoms with van der Waals surface area (Å²) in [5.41, 5.74) is 7.49. The van der Waals surface area contributed by atoms with Gasteiger partial charge in [0.1, 0.15) is 0 Å². The molecule has 19 heavy (non-hydrogen) atoms. The van der Waals surface area contributed by atoms with Gasteiger partial charge in [0.25, 0.3) is 0 Å². The summed E-state index contributed by atoms with van der Waals surface area (Å²) in [5, 5.41) is 0. The van der Waals surface area contributed by atoms with Crippen molar-refractivity contribution in [3.05, 3.63) is 35.9 Å². The Hall–Kier alpha value is -0.900. The number of piperazine rings is 1. The molecule has 0 saturated carbocycles. The summed E-state index contributed by atoms with van der Waals surface area (Å²) in [6, 6.07) is 11.3. The Kier molecular flexibility index (Phi) is 5.37. The molecule has 1 heterocycles. The predicted molar refractivity (Wildman–Crippen MR) is 81.1 cm³/mol. The average molecular weight is 261 g/mol. The highest BCUT2D eigenvalue weighted by Crippen LogP contribution is 2.16. The van der Waals surface area contributed by atoms with Gasteiger partial charge < -0.3 is 15.5 Å². The van der Waals surface area contributed by atoms with Gasteiger partial charge in [0, 0.05) is 31.7 Å². The van der Waals surface area contributed by atoms with E-state index in [1.54, 1.807) is 0 Å². The van der Waals surface area contributed by atoms with Crippen LogP contribution < -0.4 is 5.73 Å². The van der Waals surface area contributed by atoms with Crippen molar-refractivity contribution in [2.75, 3.05) is 33.2 Å². The minimum atomic E-state index is 0.186. The van der Waals surface area contributed by atoms with Crippen molar-refractivity contribution in [3.63, 3.8) is 0 Å². The number of rotatable bonds is 5. The van der Waals surface area contributed by atoms with E-state index in [1.807, 2.05) is 6.07 Å². The van der Waals surface area contributed by atoms with Crippen molar-refractivity contribution < 1.29 is 0 Å². The lowest BCUT2D eigenvalue weighted by Gasteiger charge is -2.37. The molecular formula is C16H27N3. The zero-order valence-electron chi connectivity index (χ0n) is 12.3. The molecule has 1 aromatic carbocycles. The van der Waals surface area contributed by atoms with E-state index in [0.29, 0.717) is 6.04 Å². The third-order valence-corrected chi connectivity index (χ3v) is 4.26. The first-order valence-electron chi connectivity index (χ1n) is 7.40. The fourth-order valence-corrected chi connectivity index (χ4v) is 2.73. The van der Waals surface area contributed by atoms with E-state index in [9.17, 15) is 0 Å². The SMILES string of the molecule is CC1CN(CCCC(N)c2ccccc2)CCN1C. The summed E-state index contributed by atoms with van der Waals surface area (Å²) < 4.78 is 0. The minimum absolute atomic E-state index is 0.186. The van der Waals surface area contributed by atoms with Crippen LogP contribution >= 0.6 is 0 Å². The van der Waals surface area contributed by atoms with Crippen LogP contribution in [0.1, 0.15) is 31.4 Å². The highest BCUT2D eigenvalue weighted by Gasteiger charge is 2.20. The maximum atomic E-state index is 6.23. The second-order valence-electron chi connectivity index (χ2n) is 5.79. The monoisotopic (exact) mass is 261 g/mol. The van der Waals surface area contributed by atoms with E-state index in [1.165, 1.54) is 38.2 Å². The molecule has 0 amide bonds. The zero-order valence-corrected chi connectivity index (χ0v) is 12.3. The van der Waals surface area contributed by atoms with E-state index in [-0.39, 0.29) is 6.04 Å². The first-order valence-corrected chi connectivity index (χ1v) is 7.40. The van der Waals surface area contributed by atoms with E-state index in [2.05, 4.69) is 48.0 Å². The fourth-order valence-electron chi connectivity index (χ4n) is 2.73. The molecule has 1 aliphatic heterocycles. The minimum Gasteiger partial charge on any atom is -0.324 e. The number of hydrogen-bond acceptors (Lipinski definition) is 3. The molecule has 0 aliphatic carbocycles. The van der Waals surface area contributed by atoms with Crippen LogP contribution in [0.5, 0.6) is 0 Å². The summed E-state index contributed by atoms with van der Waals surface area (Å²) in [6.07, 6.45) is 2.26. The quantitative estimate of drug-likeness (QED) is 0.881. The van der Waals surface area contributed by atoms with Crippen molar-refractivity contribution in [2.24, 2.45) is 5.73 Å². The van der Waals surface area contributed by atoms with Gasteiger partial charge >= 0.3 is 0 Å². The number of likely N-dealkylation sites (N-methyl/N-ethyl adjacent to an activating group) is 1. The van der Waals surface area contributed by atoms with Crippen LogP contribution in [0.2, 0.25) is 0 Å². The molecule has 0 bridgehead atoms. The van der Waals surface area contributed by atoms with Crippen molar-refractivity contribution >= 4 is 0 Å². The van der Waals surface area contributed by atoms with Crippen LogP contribution in [0.3, 0.4) is 0 Å². The Labute approximate surface area is 117 Å². The van der Waals surface area contributed by atoms with Crippen LogP contribution in [0.15, 0.2) is 30.3 Å². The third kappa shape index (κ3) is 4.30. The third-order valence-electron chi connectivity index (χ3n) is 4.26. The van der Waals surface area contributed by atoms with Gasteiger partial charge in [-0.3, -0.25) is 0 Å². The van der Waals surface area contributed by atoms with Gasteiger partial charge in [-0.15, -0.1) is 0 Å². The van der Waals surface area contributed by atoms with Gasteiger partial charge in [-0.05, 0) is 38.9 Å². The van der Waals surface area contributed by atoms with Gasteiger partial charge in [-0.2, -0.15) is 0 Å². The number of hydrogen-bond donors (Lipinski definition) is 1. The molecule has 1 saturated heterocycles. The molecule has 0 aromatic heterocycles. The van der Waals surface area contributed by atoms with E-state index >= 15 is 0 Å². The highest BCUT2D eigenvalue weighted by molar-refractivity contribution is 5.18. The van der Waals surface area contributed by atoms with Crippen molar-refractivity contribution in [3.8, 4) is 0 Å². The molecule has 2 unspecified atom stereocenters. The average Bonchev–Trinajstić information content (AvgIpc) is 2.43. The molecule has 2 N–H and O–H groups in total. The Morgan fingerprint density at radius 1 is 1.26 bits per heavy atom. The first kappa shape index (κ1) is 14.5. The zero-order chi connectivity index (χ0) is 13.7. The Balaban J connectivity index is 1.69. The predicted octanol–water partition coefficient (Wildman–Crippen LogP) is 2.10. The van der Waals surface area contributed by atoms with Crippen LogP contribution in [-0.4, -0.2) is 49.1 Å². The van der Waals surface area contributed by atoms with Crippen molar-refractivity contribution in [1.29, 1.82) is 0 Å². The summed E-state index contributed by atoms with van der Waals surface area (Å²) >= 11 is 0.